The Balaban J connectivity index is 1.65. The Labute approximate surface area is 127 Å². The monoisotopic (exact) mass is 298 g/mol. The first-order valence-corrected chi connectivity index (χ1v) is 6.63. The predicted octanol–water partition coefficient (Wildman–Crippen LogP) is 2.19. The summed E-state index contributed by atoms with van der Waals surface area (Å²) < 4.78 is 15.6. The van der Waals surface area contributed by atoms with Crippen molar-refractivity contribution in [2.24, 2.45) is 5.10 Å². The standard InChI is InChI=1S/C16H14N2O4/c1-20-13-4-2-3-11(7-13)9-17-18-16(19)12-5-6-14-15(8-12)22-10-21-14/h2-9H,10H2,1H3,(H,18,19)/b17-9+. The number of ether oxygens (including phenoxy) is 3. The molecule has 0 atom stereocenters. The van der Waals surface area contributed by atoms with Crippen molar-refractivity contribution in [3.05, 3.63) is 53.6 Å². The number of amides is 1. The fourth-order valence-corrected chi connectivity index (χ4v) is 1.99. The maximum Gasteiger partial charge on any atom is 0.271 e. The lowest BCUT2D eigenvalue weighted by atomic mass is 10.2. The molecule has 112 valence electrons. The van der Waals surface area contributed by atoms with Crippen LogP contribution in [0.4, 0.5) is 0 Å². The van der Waals surface area contributed by atoms with Crippen LogP contribution >= 0.6 is 0 Å². The van der Waals surface area contributed by atoms with E-state index in [0.717, 1.165) is 11.3 Å². The number of fused-ring (bicyclic) bond motifs is 1. The normalized spacial score (nSPS) is 12.4. The fraction of sp³-hybridized carbons (Fsp3) is 0.125. The van der Waals surface area contributed by atoms with E-state index in [1.54, 1.807) is 31.5 Å². The summed E-state index contributed by atoms with van der Waals surface area (Å²) in [6.45, 7) is 0.175. The van der Waals surface area contributed by atoms with E-state index in [4.69, 9.17) is 14.2 Å². The SMILES string of the molecule is COc1cccc(/C=N/NC(=O)c2ccc3c(c2)OCO3)c1. The van der Waals surface area contributed by atoms with Gasteiger partial charge in [-0.2, -0.15) is 5.10 Å². The molecule has 0 unspecified atom stereocenters. The maximum absolute atomic E-state index is 12.0. The number of carbonyl (C=O) groups is 1. The summed E-state index contributed by atoms with van der Waals surface area (Å²) in [4.78, 5) is 12.0. The molecule has 0 aromatic heterocycles. The fourth-order valence-electron chi connectivity index (χ4n) is 1.99. The largest absolute Gasteiger partial charge is 0.497 e. The first-order chi connectivity index (χ1) is 10.8. The highest BCUT2D eigenvalue weighted by atomic mass is 16.7. The third kappa shape index (κ3) is 3.01. The average molecular weight is 298 g/mol. The summed E-state index contributed by atoms with van der Waals surface area (Å²) in [5.41, 5.74) is 3.74. The van der Waals surface area contributed by atoms with Gasteiger partial charge in [-0.1, -0.05) is 12.1 Å². The van der Waals surface area contributed by atoms with E-state index in [-0.39, 0.29) is 12.7 Å². The number of methoxy groups -OCH3 is 1. The van der Waals surface area contributed by atoms with Gasteiger partial charge in [0.2, 0.25) is 6.79 Å². The molecule has 1 aliphatic heterocycles. The zero-order chi connectivity index (χ0) is 15.4. The van der Waals surface area contributed by atoms with Crippen LogP contribution in [0.3, 0.4) is 0 Å². The number of nitrogens with zero attached hydrogens (tertiary/aromatic N) is 1. The Kier molecular flexibility index (Phi) is 3.91. The lowest BCUT2D eigenvalue weighted by Crippen LogP contribution is -2.17. The van der Waals surface area contributed by atoms with Crippen molar-refractivity contribution in [1.29, 1.82) is 0 Å². The number of nitrogens with one attached hydrogen (secondary N) is 1. The van der Waals surface area contributed by atoms with E-state index in [1.165, 1.54) is 0 Å². The van der Waals surface area contributed by atoms with Gasteiger partial charge in [0.25, 0.3) is 5.91 Å². The van der Waals surface area contributed by atoms with Crippen molar-refractivity contribution < 1.29 is 19.0 Å². The van der Waals surface area contributed by atoms with Gasteiger partial charge in [-0.05, 0) is 35.9 Å². The third-order valence-electron chi connectivity index (χ3n) is 3.11. The summed E-state index contributed by atoms with van der Waals surface area (Å²) >= 11 is 0. The van der Waals surface area contributed by atoms with E-state index in [2.05, 4.69) is 10.5 Å². The lowest BCUT2D eigenvalue weighted by Gasteiger charge is -2.02. The molecule has 3 rings (SSSR count). The highest BCUT2D eigenvalue weighted by Crippen LogP contribution is 2.32. The van der Waals surface area contributed by atoms with Crippen LogP contribution in [0.5, 0.6) is 17.2 Å². The second kappa shape index (κ2) is 6.17. The number of hydrogen-bond acceptors (Lipinski definition) is 5. The molecule has 1 N–H and O–H groups in total. The van der Waals surface area contributed by atoms with Gasteiger partial charge in [0.05, 0.1) is 13.3 Å². The Hall–Kier alpha value is -3.02. The number of rotatable bonds is 4. The van der Waals surface area contributed by atoms with Crippen molar-refractivity contribution in [3.63, 3.8) is 0 Å². The van der Waals surface area contributed by atoms with Crippen LogP contribution in [0.25, 0.3) is 0 Å². The lowest BCUT2D eigenvalue weighted by molar-refractivity contribution is 0.0954. The first kappa shape index (κ1) is 13.9. The molecule has 2 aromatic carbocycles. The number of benzene rings is 2. The van der Waals surface area contributed by atoms with Crippen LogP contribution < -0.4 is 19.6 Å². The van der Waals surface area contributed by atoms with Gasteiger partial charge in [-0.25, -0.2) is 5.43 Å². The second-order valence-corrected chi connectivity index (χ2v) is 4.54. The maximum atomic E-state index is 12.0. The van der Waals surface area contributed by atoms with Crippen molar-refractivity contribution in [3.8, 4) is 17.2 Å². The van der Waals surface area contributed by atoms with E-state index < -0.39 is 0 Å². The zero-order valence-corrected chi connectivity index (χ0v) is 11.9. The molecule has 2 aromatic rings. The van der Waals surface area contributed by atoms with Crippen LogP contribution in [0.2, 0.25) is 0 Å². The molecule has 6 nitrogen and oxygen atoms in total. The molecule has 0 radical (unpaired) electrons. The van der Waals surface area contributed by atoms with E-state index in [0.29, 0.717) is 17.1 Å². The molecule has 22 heavy (non-hydrogen) atoms. The molecule has 1 amide bonds. The molecule has 0 saturated heterocycles. The Morgan fingerprint density at radius 1 is 1.23 bits per heavy atom. The highest BCUT2D eigenvalue weighted by molar-refractivity contribution is 5.95. The van der Waals surface area contributed by atoms with Gasteiger partial charge in [0.1, 0.15) is 5.75 Å². The molecule has 0 aliphatic carbocycles. The molecular weight excluding hydrogens is 284 g/mol. The highest BCUT2D eigenvalue weighted by Gasteiger charge is 2.15. The Bertz CT molecular complexity index is 728. The summed E-state index contributed by atoms with van der Waals surface area (Å²) in [5.74, 6) is 1.60. The molecule has 6 heteroatoms. The minimum absolute atomic E-state index is 0.175. The van der Waals surface area contributed by atoms with E-state index in [1.807, 2.05) is 24.3 Å². The van der Waals surface area contributed by atoms with Gasteiger partial charge in [-0.15, -0.1) is 0 Å². The average Bonchev–Trinajstić information content (AvgIpc) is 3.02. The van der Waals surface area contributed by atoms with Gasteiger partial charge in [0.15, 0.2) is 11.5 Å². The minimum atomic E-state index is -0.322. The van der Waals surface area contributed by atoms with Gasteiger partial charge in [-0.3, -0.25) is 4.79 Å². The van der Waals surface area contributed by atoms with Gasteiger partial charge >= 0.3 is 0 Å². The molecule has 0 fully saturated rings. The first-order valence-electron chi connectivity index (χ1n) is 6.63. The second-order valence-electron chi connectivity index (χ2n) is 4.54. The summed E-state index contributed by atoms with van der Waals surface area (Å²) in [6, 6.07) is 12.3. The molecular formula is C16H14N2O4. The van der Waals surface area contributed by atoms with Crippen LogP contribution in [-0.4, -0.2) is 26.0 Å². The number of hydrazone groups is 1. The molecule has 0 saturated carbocycles. The van der Waals surface area contributed by atoms with Gasteiger partial charge in [0, 0.05) is 5.56 Å². The van der Waals surface area contributed by atoms with Crippen molar-refractivity contribution >= 4 is 12.1 Å². The molecule has 1 heterocycles. The number of hydrogen-bond donors (Lipinski definition) is 1. The van der Waals surface area contributed by atoms with Crippen LogP contribution in [-0.2, 0) is 0 Å². The van der Waals surface area contributed by atoms with Crippen LogP contribution in [0, 0.1) is 0 Å². The minimum Gasteiger partial charge on any atom is -0.497 e. The summed E-state index contributed by atoms with van der Waals surface area (Å²) in [6.07, 6.45) is 1.55. The van der Waals surface area contributed by atoms with Crippen LogP contribution in [0.1, 0.15) is 15.9 Å². The van der Waals surface area contributed by atoms with Crippen molar-refractivity contribution in [2.75, 3.05) is 13.9 Å². The topological polar surface area (TPSA) is 69.2 Å². The van der Waals surface area contributed by atoms with E-state index >= 15 is 0 Å². The zero-order valence-electron chi connectivity index (χ0n) is 11.9. The molecule has 0 bridgehead atoms. The predicted molar refractivity (Wildman–Crippen MR) is 80.6 cm³/mol. The molecule has 0 spiro atoms. The third-order valence-corrected chi connectivity index (χ3v) is 3.11. The van der Waals surface area contributed by atoms with Gasteiger partial charge < -0.3 is 14.2 Å². The number of carbonyl (C=O) groups excluding carboxylic acids is 1. The van der Waals surface area contributed by atoms with Crippen LogP contribution in [0.15, 0.2) is 47.6 Å². The summed E-state index contributed by atoms with van der Waals surface area (Å²) in [5, 5.41) is 3.93. The Morgan fingerprint density at radius 3 is 2.95 bits per heavy atom. The van der Waals surface area contributed by atoms with Crippen molar-refractivity contribution in [2.45, 2.75) is 0 Å². The quantitative estimate of drug-likeness (QED) is 0.694. The van der Waals surface area contributed by atoms with E-state index in [9.17, 15) is 4.79 Å². The Morgan fingerprint density at radius 2 is 2.09 bits per heavy atom. The smallest absolute Gasteiger partial charge is 0.271 e. The summed E-state index contributed by atoms with van der Waals surface area (Å²) in [7, 11) is 1.59. The van der Waals surface area contributed by atoms with Crippen molar-refractivity contribution in [1.82, 2.24) is 5.43 Å². The molecule has 1 aliphatic rings.